The van der Waals surface area contributed by atoms with Crippen molar-refractivity contribution in [1.82, 2.24) is 9.88 Å². The molecule has 134 valence electrons. The van der Waals surface area contributed by atoms with Gasteiger partial charge < -0.3 is 14.6 Å². The number of hydrogen-bond acceptors (Lipinski definition) is 2. The number of nitrogens with zero attached hydrogens (tertiary/aromatic N) is 1. The fraction of sp³-hybridized carbons (Fsp3) is 0.286. The van der Waals surface area contributed by atoms with E-state index in [2.05, 4.69) is 11.1 Å². The number of aromatic amines is 1. The summed E-state index contributed by atoms with van der Waals surface area (Å²) < 4.78 is 19.0. The number of benzene rings is 2. The van der Waals surface area contributed by atoms with Gasteiger partial charge in [0.15, 0.2) is 0 Å². The van der Waals surface area contributed by atoms with Gasteiger partial charge in [-0.1, -0.05) is 12.1 Å². The number of carbonyl (C=O) groups is 1. The summed E-state index contributed by atoms with van der Waals surface area (Å²) >= 11 is 0. The zero-order valence-electron chi connectivity index (χ0n) is 14.7. The van der Waals surface area contributed by atoms with Crippen LogP contribution < -0.4 is 4.74 Å². The van der Waals surface area contributed by atoms with E-state index in [-0.39, 0.29) is 18.1 Å². The maximum absolute atomic E-state index is 13.5. The number of fused-ring (bicyclic) bond motifs is 2. The van der Waals surface area contributed by atoms with Crippen LogP contribution >= 0.6 is 0 Å². The number of amides is 1. The standard InChI is InChI=1S/C21H21FN2O2/c1-26-20-4-2-3-14-7-9-24(10-8-17(14)20)21(25)11-15-13-23-19-6-5-16(22)12-18(15)19/h2-6,12-13,23H,7-11H2,1H3. The molecule has 1 aliphatic heterocycles. The molecular weight excluding hydrogens is 331 g/mol. The zero-order chi connectivity index (χ0) is 18.1. The fourth-order valence-corrected chi connectivity index (χ4v) is 3.76. The summed E-state index contributed by atoms with van der Waals surface area (Å²) in [6.45, 7) is 1.36. The van der Waals surface area contributed by atoms with Gasteiger partial charge in [-0.25, -0.2) is 4.39 Å². The summed E-state index contributed by atoms with van der Waals surface area (Å²) in [5, 5.41) is 0.776. The summed E-state index contributed by atoms with van der Waals surface area (Å²) in [4.78, 5) is 17.9. The number of aromatic nitrogens is 1. The third-order valence-electron chi connectivity index (χ3n) is 5.16. The van der Waals surface area contributed by atoms with E-state index < -0.39 is 0 Å². The van der Waals surface area contributed by atoms with E-state index in [0.717, 1.165) is 35.1 Å². The maximum atomic E-state index is 13.5. The van der Waals surface area contributed by atoms with Crippen LogP contribution in [0.3, 0.4) is 0 Å². The highest BCUT2D eigenvalue weighted by atomic mass is 19.1. The van der Waals surface area contributed by atoms with Crippen LogP contribution in [0.4, 0.5) is 4.39 Å². The van der Waals surface area contributed by atoms with Crippen molar-refractivity contribution in [3.63, 3.8) is 0 Å². The van der Waals surface area contributed by atoms with Gasteiger partial charge in [0.2, 0.25) is 5.91 Å². The van der Waals surface area contributed by atoms with Crippen molar-refractivity contribution in [3.05, 3.63) is 65.1 Å². The van der Waals surface area contributed by atoms with E-state index in [4.69, 9.17) is 4.74 Å². The van der Waals surface area contributed by atoms with Gasteiger partial charge in [-0.15, -0.1) is 0 Å². The molecule has 1 amide bonds. The molecule has 0 spiro atoms. The lowest BCUT2D eigenvalue weighted by Gasteiger charge is -2.20. The molecule has 1 aliphatic rings. The van der Waals surface area contributed by atoms with Crippen LogP contribution in [0.1, 0.15) is 16.7 Å². The predicted octanol–water partition coefficient (Wildman–Crippen LogP) is 3.49. The van der Waals surface area contributed by atoms with Crippen LogP contribution in [-0.4, -0.2) is 36.0 Å². The van der Waals surface area contributed by atoms with Gasteiger partial charge in [0.05, 0.1) is 13.5 Å². The van der Waals surface area contributed by atoms with Crippen molar-refractivity contribution in [2.75, 3.05) is 20.2 Å². The molecule has 0 aliphatic carbocycles. The first-order chi connectivity index (χ1) is 12.7. The first-order valence-electron chi connectivity index (χ1n) is 8.84. The Balaban J connectivity index is 1.51. The smallest absolute Gasteiger partial charge is 0.227 e. The number of methoxy groups -OCH3 is 1. The SMILES string of the molecule is COc1cccc2c1CCN(C(=O)Cc1c[nH]c3ccc(F)cc13)CC2. The fourth-order valence-electron chi connectivity index (χ4n) is 3.76. The first kappa shape index (κ1) is 16.6. The molecule has 2 aromatic carbocycles. The largest absolute Gasteiger partial charge is 0.496 e. The second kappa shape index (κ2) is 6.83. The molecule has 3 aromatic rings. The highest BCUT2D eigenvalue weighted by Gasteiger charge is 2.21. The number of halogens is 1. The molecule has 0 saturated heterocycles. The molecule has 0 radical (unpaired) electrons. The van der Waals surface area contributed by atoms with Gasteiger partial charge in [-0.2, -0.15) is 0 Å². The Labute approximate surface area is 151 Å². The highest BCUT2D eigenvalue weighted by molar-refractivity contribution is 5.89. The van der Waals surface area contributed by atoms with Gasteiger partial charge in [0.25, 0.3) is 0 Å². The van der Waals surface area contributed by atoms with Crippen molar-refractivity contribution in [2.45, 2.75) is 19.3 Å². The van der Waals surface area contributed by atoms with Crippen LogP contribution in [-0.2, 0) is 24.1 Å². The van der Waals surface area contributed by atoms with Crippen molar-refractivity contribution in [2.24, 2.45) is 0 Å². The molecule has 0 unspecified atom stereocenters. The summed E-state index contributed by atoms with van der Waals surface area (Å²) in [6, 6.07) is 10.7. The Morgan fingerprint density at radius 2 is 2.08 bits per heavy atom. The van der Waals surface area contributed by atoms with Crippen LogP contribution in [0, 0.1) is 5.82 Å². The third kappa shape index (κ3) is 3.05. The number of ether oxygens (including phenoxy) is 1. The van der Waals surface area contributed by atoms with E-state index in [9.17, 15) is 9.18 Å². The molecule has 4 nitrogen and oxygen atoms in total. The molecule has 0 saturated carbocycles. The summed E-state index contributed by atoms with van der Waals surface area (Å²) in [7, 11) is 1.68. The minimum absolute atomic E-state index is 0.0712. The van der Waals surface area contributed by atoms with Gasteiger partial charge in [0, 0.05) is 30.2 Å². The third-order valence-corrected chi connectivity index (χ3v) is 5.16. The van der Waals surface area contributed by atoms with Crippen LogP contribution in [0.5, 0.6) is 5.75 Å². The van der Waals surface area contributed by atoms with Crippen LogP contribution in [0.15, 0.2) is 42.6 Å². The lowest BCUT2D eigenvalue weighted by Crippen LogP contribution is -2.34. The Bertz CT molecular complexity index is 964. The molecule has 5 heteroatoms. The molecule has 4 rings (SSSR count). The van der Waals surface area contributed by atoms with Crippen molar-refractivity contribution in [3.8, 4) is 5.75 Å². The van der Waals surface area contributed by atoms with Crippen molar-refractivity contribution < 1.29 is 13.9 Å². The predicted molar refractivity (Wildman–Crippen MR) is 98.9 cm³/mol. The summed E-state index contributed by atoms with van der Waals surface area (Å²) in [5.41, 5.74) is 4.12. The van der Waals surface area contributed by atoms with E-state index in [0.29, 0.717) is 13.1 Å². The Kier molecular flexibility index (Phi) is 4.37. The van der Waals surface area contributed by atoms with Crippen LogP contribution in [0.2, 0.25) is 0 Å². The zero-order valence-corrected chi connectivity index (χ0v) is 14.7. The molecule has 0 bridgehead atoms. The Hall–Kier alpha value is -2.82. The molecule has 1 aromatic heterocycles. The Morgan fingerprint density at radius 1 is 1.23 bits per heavy atom. The monoisotopic (exact) mass is 352 g/mol. The van der Waals surface area contributed by atoms with Crippen molar-refractivity contribution in [1.29, 1.82) is 0 Å². The van der Waals surface area contributed by atoms with Crippen LogP contribution in [0.25, 0.3) is 10.9 Å². The number of carbonyl (C=O) groups excluding carboxylic acids is 1. The van der Waals surface area contributed by atoms with E-state index in [1.165, 1.54) is 23.3 Å². The summed E-state index contributed by atoms with van der Waals surface area (Å²) in [6.07, 6.45) is 3.68. The van der Waals surface area contributed by atoms with E-state index in [1.54, 1.807) is 19.4 Å². The normalized spacial score (nSPS) is 14.2. The number of nitrogens with one attached hydrogen (secondary N) is 1. The molecule has 0 atom stereocenters. The molecule has 1 N–H and O–H groups in total. The average molecular weight is 352 g/mol. The van der Waals surface area contributed by atoms with E-state index in [1.807, 2.05) is 17.0 Å². The van der Waals surface area contributed by atoms with Gasteiger partial charge >= 0.3 is 0 Å². The number of H-pyrrole nitrogens is 1. The molecule has 2 heterocycles. The lowest BCUT2D eigenvalue weighted by atomic mass is 10.0. The molecule has 26 heavy (non-hydrogen) atoms. The second-order valence-electron chi connectivity index (χ2n) is 6.66. The average Bonchev–Trinajstić information content (AvgIpc) is 2.89. The topological polar surface area (TPSA) is 45.3 Å². The van der Waals surface area contributed by atoms with Gasteiger partial charge in [-0.3, -0.25) is 4.79 Å². The molecule has 0 fully saturated rings. The minimum atomic E-state index is -0.289. The quantitative estimate of drug-likeness (QED) is 0.784. The molecular formula is C21H21FN2O2. The van der Waals surface area contributed by atoms with E-state index >= 15 is 0 Å². The maximum Gasteiger partial charge on any atom is 0.227 e. The number of hydrogen-bond donors (Lipinski definition) is 1. The number of rotatable bonds is 3. The second-order valence-corrected chi connectivity index (χ2v) is 6.66. The first-order valence-corrected chi connectivity index (χ1v) is 8.84. The summed E-state index contributed by atoms with van der Waals surface area (Å²) in [5.74, 6) is 0.675. The minimum Gasteiger partial charge on any atom is -0.496 e. The van der Waals surface area contributed by atoms with Crippen molar-refractivity contribution >= 4 is 16.8 Å². The van der Waals surface area contributed by atoms with Gasteiger partial charge in [0.1, 0.15) is 11.6 Å². The lowest BCUT2D eigenvalue weighted by molar-refractivity contribution is -0.130. The van der Waals surface area contributed by atoms with Gasteiger partial charge in [-0.05, 0) is 53.8 Å². The highest BCUT2D eigenvalue weighted by Crippen LogP contribution is 2.26. The Morgan fingerprint density at radius 3 is 2.92 bits per heavy atom.